The van der Waals surface area contributed by atoms with Crippen molar-refractivity contribution in [3.63, 3.8) is 0 Å². The molecule has 2 aromatic carbocycles. The number of amides is 2. The second kappa shape index (κ2) is 9.46. The quantitative estimate of drug-likeness (QED) is 0.625. The number of hydrogen-bond acceptors (Lipinski definition) is 5. The lowest BCUT2D eigenvalue weighted by Crippen LogP contribution is -2.33. The monoisotopic (exact) mass is 516 g/mol. The summed E-state index contributed by atoms with van der Waals surface area (Å²) >= 11 is 4.58. The zero-order chi connectivity index (χ0) is 22.8. The van der Waals surface area contributed by atoms with Crippen LogP contribution in [0.25, 0.3) is 0 Å². The standard InChI is InChI=1S/C23H22BrFN4O2S/c1-13-12-16(8-9-17(13)24)27-21(30)20-19(26)18(23(31)29-10-2-3-11-29)22(32-20)28-15-6-4-14(25)5-7-15/h4-9,12,20H,2-3,10-11,26H2,1H3,(H,27,30)/t20-/m1/s1. The van der Waals surface area contributed by atoms with Crippen molar-refractivity contribution in [2.45, 2.75) is 25.0 Å². The molecule has 2 aliphatic rings. The number of nitrogens with two attached hydrogens (primary N) is 1. The molecule has 2 amide bonds. The summed E-state index contributed by atoms with van der Waals surface area (Å²) in [5.74, 6) is -0.924. The van der Waals surface area contributed by atoms with Crippen LogP contribution in [0.2, 0.25) is 0 Å². The molecular weight excluding hydrogens is 495 g/mol. The summed E-state index contributed by atoms with van der Waals surface area (Å²) in [5.41, 5.74) is 8.93. The minimum Gasteiger partial charge on any atom is -0.400 e. The molecule has 166 valence electrons. The first-order valence-corrected chi connectivity index (χ1v) is 11.9. The third kappa shape index (κ3) is 4.73. The first kappa shape index (κ1) is 22.5. The summed E-state index contributed by atoms with van der Waals surface area (Å²) in [6.45, 7) is 3.23. The maximum atomic E-state index is 13.3. The van der Waals surface area contributed by atoms with Gasteiger partial charge >= 0.3 is 0 Å². The lowest BCUT2D eigenvalue weighted by molar-refractivity contribution is -0.125. The SMILES string of the molecule is Cc1cc(NC(=O)[C@@H]2SC(=Nc3ccc(F)cc3)C(C(=O)N3CCCC3)=C2N)ccc1Br. The highest BCUT2D eigenvalue weighted by Crippen LogP contribution is 2.36. The van der Waals surface area contributed by atoms with E-state index in [4.69, 9.17) is 5.73 Å². The van der Waals surface area contributed by atoms with Crippen molar-refractivity contribution < 1.29 is 14.0 Å². The van der Waals surface area contributed by atoms with Crippen molar-refractivity contribution in [1.29, 1.82) is 0 Å². The van der Waals surface area contributed by atoms with Gasteiger partial charge in [-0.15, -0.1) is 0 Å². The van der Waals surface area contributed by atoms with Gasteiger partial charge in [0.15, 0.2) is 0 Å². The number of aliphatic imine (C=N–C) groups is 1. The van der Waals surface area contributed by atoms with E-state index in [0.29, 0.717) is 29.5 Å². The summed E-state index contributed by atoms with van der Waals surface area (Å²) in [4.78, 5) is 32.6. The van der Waals surface area contributed by atoms with Gasteiger partial charge < -0.3 is 16.0 Å². The third-order valence-electron chi connectivity index (χ3n) is 5.34. The largest absolute Gasteiger partial charge is 0.400 e. The average molecular weight is 517 g/mol. The van der Waals surface area contributed by atoms with Gasteiger partial charge in [-0.1, -0.05) is 27.7 Å². The molecular formula is C23H22BrFN4O2S. The summed E-state index contributed by atoms with van der Waals surface area (Å²) in [6.07, 6.45) is 1.87. The number of thioether (sulfide) groups is 1. The van der Waals surface area contributed by atoms with Crippen molar-refractivity contribution in [2.75, 3.05) is 18.4 Å². The number of hydrogen-bond donors (Lipinski definition) is 2. The molecule has 3 N–H and O–H groups in total. The Morgan fingerprint density at radius 2 is 1.88 bits per heavy atom. The fourth-order valence-corrected chi connectivity index (χ4v) is 4.98. The lowest BCUT2D eigenvalue weighted by Gasteiger charge is -2.16. The van der Waals surface area contributed by atoms with Crippen LogP contribution in [-0.2, 0) is 9.59 Å². The molecule has 32 heavy (non-hydrogen) atoms. The van der Waals surface area contributed by atoms with Crippen LogP contribution in [0.4, 0.5) is 15.8 Å². The maximum absolute atomic E-state index is 13.3. The van der Waals surface area contributed by atoms with Gasteiger partial charge in [-0.3, -0.25) is 9.59 Å². The molecule has 2 aromatic rings. The molecule has 1 fully saturated rings. The number of carbonyl (C=O) groups excluding carboxylic acids is 2. The number of carbonyl (C=O) groups is 2. The molecule has 0 bridgehead atoms. The van der Waals surface area contributed by atoms with Crippen LogP contribution in [0.3, 0.4) is 0 Å². The number of aryl methyl sites for hydroxylation is 1. The molecule has 2 heterocycles. The zero-order valence-electron chi connectivity index (χ0n) is 17.4. The Morgan fingerprint density at radius 1 is 1.19 bits per heavy atom. The van der Waals surface area contributed by atoms with Crippen LogP contribution in [-0.4, -0.2) is 40.1 Å². The van der Waals surface area contributed by atoms with Crippen LogP contribution in [0.15, 0.2) is 63.2 Å². The van der Waals surface area contributed by atoms with Crippen molar-refractivity contribution in [3.8, 4) is 0 Å². The molecule has 6 nitrogen and oxygen atoms in total. The fourth-order valence-electron chi connectivity index (χ4n) is 3.62. The van der Waals surface area contributed by atoms with E-state index in [9.17, 15) is 14.0 Å². The van der Waals surface area contributed by atoms with Gasteiger partial charge in [0.25, 0.3) is 5.91 Å². The highest BCUT2D eigenvalue weighted by atomic mass is 79.9. The Labute approximate surface area is 198 Å². The molecule has 1 atom stereocenters. The third-order valence-corrected chi connectivity index (χ3v) is 7.45. The average Bonchev–Trinajstić information content (AvgIpc) is 3.40. The minimum absolute atomic E-state index is 0.194. The lowest BCUT2D eigenvalue weighted by atomic mass is 10.1. The minimum atomic E-state index is -0.792. The molecule has 0 aromatic heterocycles. The van der Waals surface area contributed by atoms with Gasteiger partial charge in [-0.2, -0.15) is 0 Å². The zero-order valence-corrected chi connectivity index (χ0v) is 19.8. The van der Waals surface area contributed by atoms with Crippen molar-refractivity contribution in [3.05, 3.63) is 69.6 Å². The molecule has 0 saturated carbocycles. The number of nitrogens with one attached hydrogen (secondary N) is 1. The second-order valence-electron chi connectivity index (χ2n) is 7.67. The van der Waals surface area contributed by atoms with Crippen molar-refractivity contribution in [2.24, 2.45) is 10.7 Å². The summed E-state index contributed by atoms with van der Waals surface area (Å²) in [7, 11) is 0. The van der Waals surface area contributed by atoms with E-state index in [1.807, 2.05) is 19.1 Å². The van der Waals surface area contributed by atoms with E-state index >= 15 is 0 Å². The van der Waals surface area contributed by atoms with Gasteiger partial charge in [-0.05, 0) is 67.8 Å². The van der Waals surface area contributed by atoms with Gasteiger partial charge in [0, 0.05) is 28.9 Å². The predicted octanol–water partition coefficient (Wildman–Crippen LogP) is 4.52. The molecule has 9 heteroatoms. The Hall–Kier alpha value is -2.65. The predicted molar refractivity (Wildman–Crippen MR) is 129 cm³/mol. The van der Waals surface area contributed by atoms with Gasteiger partial charge in [0.1, 0.15) is 16.1 Å². The second-order valence-corrected chi connectivity index (χ2v) is 9.62. The van der Waals surface area contributed by atoms with Crippen LogP contribution < -0.4 is 11.1 Å². The summed E-state index contributed by atoms with van der Waals surface area (Å²) in [5, 5.41) is 2.46. The van der Waals surface area contributed by atoms with Crippen LogP contribution in [0, 0.1) is 12.7 Å². The van der Waals surface area contributed by atoms with Crippen LogP contribution >= 0.6 is 27.7 Å². The van der Waals surface area contributed by atoms with E-state index in [1.165, 1.54) is 24.3 Å². The molecule has 2 aliphatic heterocycles. The van der Waals surface area contributed by atoms with Gasteiger partial charge in [0.05, 0.1) is 11.3 Å². The maximum Gasteiger partial charge on any atom is 0.258 e. The molecule has 0 aliphatic carbocycles. The smallest absolute Gasteiger partial charge is 0.258 e. The molecule has 0 unspecified atom stereocenters. The Kier molecular flexibility index (Phi) is 6.66. The highest BCUT2D eigenvalue weighted by molar-refractivity contribution is 9.10. The first-order chi connectivity index (χ1) is 15.3. The van der Waals surface area contributed by atoms with E-state index < -0.39 is 5.25 Å². The molecule has 1 saturated heterocycles. The Balaban J connectivity index is 1.65. The fraction of sp³-hybridized carbons (Fsp3) is 0.261. The van der Waals surface area contributed by atoms with Crippen LogP contribution in [0.5, 0.6) is 0 Å². The van der Waals surface area contributed by atoms with Gasteiger partial charge in [-0.25, -0.2) is 9.38 Å². The van der Waals surface area contributed by atoms with E-state index in [-0.39, 0.29) is 28.9 Å². The number of benzene rings is 2. The summed E-state index contributed by atoms with van der Waals surface area (Å²) < 4.78 is 14.2. The normalized spacial score (nSPS) is 19.7. The molecule has 0 spiro atoms. The summed E-state index contributed by atoms with van der Waals surface area (Å²) in [6, 6.07) is 11.1. The van der Waals surface area contributed by atoms with Crippen molar-refractivity contribution >= 4 is 55.9 Å². The van der Waals surface area contributed by atoms with E-state index in [1.54, 1.807) is 11.0 Å². The number of anilines is 1. The number of rotatable bonds is 4. The van der Waals surface area contributed by atoms with Crippen molar-refractivity contribution in [1.82, 2.24) is 4.90 Å². The Morgan fingerprint density at radius 3 is 2.53 bits per heavy atom. The number of likely N-dealkylation sites (tertiary alicyclic amines) is 1. The first-order valence-electron chi connectivity index (χ1n) is 10.2. The molecule has 0 radical (unpaired) electrons. The van der Waals surface area contributed by atoms with Gasteiger partial charge in [0.2, 0.25) is 5.91 Å². The van der Waals surface area contributed by atoms with E-state index in [2.05, 4.69) is 26.2 Å². The highest BCUT2D eigenvalue weighted by Gasteiger charge is 2.40. The Bertz CT molecular complexity index is 1130. The number of nitrogens with zero attached hydrogens (tertiary/aromatic N) is 2. The van der Waals surface area contributed by atoms with Crippen LogP contribution in [0.1, 0.15) is 18.4 Å². The topological polar surface area (TPSA) is 87.8 Å². The number of halogens is 2. The van der Waals surface area contributed by atoms with E-state index in [0.717, 1.165) is 34.6 Å². The molecule has 4 rings (SSSR count).